The van der Waals surface area contributed by atoms with Crippen LogP contribution in [0.1, 0.15) is 16.8 Å². The summed E-state index contributed by atoms with van der Waals surface area (Å²) in [5.74, 6) is 0.884. The fourth-order valence-electron chi connectivity index (χ4n) is 1.97. The molecule has 0 amide bonds. The largest absolute Gasteiger partial charge is 0.497 e. The lowest BCUT2D eigenvalue weighted by molar-refractivity contribution is 0.363. The molecule has 20 heavy (non-hydrogen) atoms. The first kappa shape index (κ1) is 14.3. The molecule has 0 aliphatic heterocycles. The standard InChI is InChI=1S/C16H21N3O/c1-13-15(11-17-18-13)12-19(2)10-4-5-14-6-8-16(20-3)9-7-14/h4-9,11H,10,12H2,1-3H3,(H,17,18)/b5-4+. The lowest BCUT2D eigenvalue weighted by atomic mass is 10.2. The van der Waals surface area contributed by atoms with E-state index in [4.69, 9.17) is 4.74 Å². The third-order valence-electron chi connectivity index (χ3n) is 3.22. The number of aromatic nitrogens is 2. The molecule has 1 aromatic carbocycles. The highest BCUT2D eigenvalue weighted by molar-refractivity contribution is 5.50. The van der Waals surface area contributed by atoms with Gasteiger partial charge in [0.05, 0.1) is 13.3 Å². The second-order valence-electron chi connectivity index (χ2n) is 4.89. The zero-order valence-corrected chi connectivity index (χ0v) is 12.3. The van der Waals surface area contributed by atoms with Crippen molar-refractivity contribution in [2.45, 2.75) is 13.5 Å². The van der Waals surface area contributed by atoms with Gasteiger partial charge in [0.2, 0.25) is 0 Å². The quantitative estimate of drug-likeness (QED) is 0.878. The van der Waals surface area contributed by atoms with Crippen LogP contribution in [0.3, 0.4) is 0 Å². The van der Waals surface area contributed by atoms with Crippen LogP contribution in [0.2, 0.25) is 0 Å². The Morgan fingerprint density at radius 2 is 2.05 bits per heavy atom. The summed E-state index contributed by atoms with van der Waals surface area (Å²) < 4.78 is 5.14. The summed E-state index contributed by atoms with van der Waals surface area (Å²) in [6.07, 6.45) is 6.18. The number of hydrogen-bond donors (Lipinski definition) is 1. The summed E-state index contributed by atoms with van der Waals surface area (Å²) in [7, 11) is 3.78. The monoisotopic (exact) mass is 271 g/mol. The number of methoxy groups -OCH3 is 1. The number of ether oxygens (including phenoxy) is 1. The van der Waals surface area contributed by atoms with E-state index < -0.39 is 0 Å². The minimum atomic E-state index is 0.884. The third-order valence-corrected chi connectivity index (χ3v) is 3.22. The van der Waals surface area contributed by atoms with E-state index in [1.807, 2.05) is 25.3 Å². The van der Waals surface area contributed by atoms with E-state index in [0.717, 1.165) is 24.5 Å². The number of aromatic amines is 1. The molecule has 0 spiro atoms. The van der Waals surface area contributed by atoms with Crippen molar-refractivity contribution in [1.82, 2.24) is 15.1 Å². The number of benzene rings is 1. The second-order valence-corrected chi connectivity index (χ2v) is 4.89. The molecule has 0 saturated carbocycles. The van der Waals surface area contributed by atoms with E-state index in [1.165, 1.54) is 11.1 Å². The number of hydrogen-bond acceptors (Lipinski definition) is 3. The van der Waals surface area contributed by atoms with Gasteiger partial charge in [-0.2, -0.15) is 5.10 Å². The van der Waals surface area contributed by atoms with Gasteiger partial charge in [-0.1, -0.05) is 24.3 Å². The third kappa shape index (κ3) is 3.96. The van der Waals surface area contributed by atoms with Crippen molar-refractivity contribution in [2.75, 3.05) is 20.7 Å². The number of aryl methyl sites for hydroxylation is 1. The highest BCUT2D eigenvalue weighted by atomic mass is 16.5. The molecule has 4 nitrogen and oxygen atoms in total. The Kier molecular flexibility index (Phi) is 4.96. The van der Waals surface area contributed by atoms with Gasteiger partial charge in [0.1, 0.15) is 5.75 Å². The first-order valence-corrected chi connectivity index (χ1v) is 6.67. The van der Waals surface area contributed by atoms with Crippen LogP contribution >= 0.6 is 0 Å². The molecule has 0 aliphatic rings. The molecule has 0 radical (unpaired) electrons. The van der Waals surface area contributed by atoms with Gasteiger partial charge in [-0.15, -0.1) is 0 Å². The Labute approximate surface area is 120 Å². The molecule has 0 fully saturated rings. The minimum absolute atomic E-state index is 0.884. The second kappa shape index (κ2) is 6.91. The molecule has 106 valence electrons. The minimum Gasteiger partial charge on any atom is -0.497 e. The maximum atomic E-state index is 5.14. The van der Waals surface area contributed by atoms with Gasteiger partial charge in [-0.3, -0.25) is 10.00 Å². The molecule has 4 heteroatoms. The van der Waals surface area contributed by atoms with E-state index in [-0.39, 0.29) is 0 Å². The lowest BCUT2D eigenvalue weighted by Gasteiger charge is -2.13. The molecule has 1 heterocycles. The molecule has 2 rings (SSSR count). The molecule has 0 atom stereocenters. The Balaban J connectivity index is 1.84. The van der Waals surface area contributed by atoms with Gasteiger partial charge in [-0.05, 0) is 31.7 Å². The van der Waals surface area contributed by atoms with Crippen molar-refractivity contribution in [1.29, 1.82) is 0 Å². The number of nitrogens with zero attached hydrogens (tertiary/aromatic N) is 2. The Hall–Kier alpha value is -2.07. The maximum absolute atomic E-state index is 5.14. The summed E-state index contributed by atoms with van der Waals surface area (Å²) in [4.78, 5) is 2.25. The summed E-state index contributed by atoms with van der Waals surface area (Å²) >= 11 is 0. The van der Waals surface area contributed by atoms with Crippen molar-refractivity contribution >= 4 is 6.08 Å². The summed E-state index contributed by atoms with van der Waals surface area (Å²) in [6, 6.07) is 8.04. The van der Waals surface area contributed by atoms with Crippen molar-refractivity contribution in [3.63, 3.8) is 0 Å². The highest BCUT2D eigenvalue weighted by Gasteiger charge is 2.03. The van der Waals surface area contributed by atoms with Crippen LogP contribution in [0.25, 0.3) is 6.08 Å². The van der Waals surface area contributed by atoms with Gasteiger partial charge >= 0.3 is 0 Å². The predicted molar refractivity (Wildman–Crippen MR) is 81.7 cm³/mol. The van der Waals surface area contributed by atoms with Crippen molar-refractivity contribution < 1.29 is 4.74 Å². The first-order valence-electron chi connectivity index (χ1n) is 6.67. The van der Waals surface area contributed by atoms with Gasteiger partial charge in [0.25, 0.3) is 0 Å². The van der Waals surface area contributed by atoms with Crippen LogP contribution in [0, 0.1) is 6.92 Å². The van der Waals surface area contributed by atoms with E-state index in [0.29, 0.717) is 0 Å². The Morgan fingerprint density at radius 1 is 1.30 bits per heavy atom. The van der Waals surface area contributed by atoms with Crippen LogP contribution in [0.4, 0.5) is 0 Å². The lowest BCUT2D eigenvalue weighted by Crippen LogP contribution is -2.17. The fraction of sp³-hybridized carbons (Fsp3) is 0.312. The smallest absolute Gasteiger partial charge is 0.118 e. The molecule has 2 aromatic rings. The van der Waals surface area contributed by atoms with Gasteiger partial charge in [0, 0.05) is 24.3 Å². The summed E-state index contributed by atoms with van der Waals surface area (Å²) in [5, 5.41) is 7.00. The molecule has 0 unspecified atom stereocenters. The maximum Gasteiger partial charge on any atom is 0.118 e. The first-order chi connectivity index (χ1) is 9.69. The van der Waals surface area contributed by atoms with Crippen molar-refractivity contribution in [3.8, 4) is 5.75 Å². The average molecular weight is 271 g/mol. The average Bonchev–Trinajstić information content (AvgIpc) is 2.85. The van der Waals surface area contributed by atoms with E-state index >= 15 is 0 Å². The van der Waals surface area contributed by atoms with Crippen molar-refractivity contribution in [2.24, 2.45) is 0 Å². The van der Waals surface area contributed by atoms with Crippen LogP contribution < -0.4 is 4.74 Å². The molecule has 1 aromatic heterocycles. The highest BCUT2D eigenvalue weighted by Crippen LogP contribution is 2.12. The summed E-state index contributed by atoms with van der Waals surface area (Å²) in [5.41, 5.74) is 3.56. The number of nitrogens with one attached hydrogen (secondary N) is 1. The normalized spacial score (nSPS) is 11.4. The van der Waals surface area contributed by atoms with Gasteiger partial charge in [-0.25, -0.2) is 0 Å². The van der Waals surface area contributed by atoms with Crippen LogP contribution in [0.15, 0.2) is 36.5 Å². The summed E-state index contributed by atoms with van der Waals surface area (Å²) in [6.45, 7) is 3.84. The fourth-order valence-corrected chi connectivity index (χ4v) is 1.97. The predicted octanol–water partition coefficient (Wildman–Crippen LogP) is 2.87. The van der Waals surface area contributed by atoms with Crippen molar-refractivity contribution in [3.05, 3.63) is 53.4 Å². The molecule has 0 bridgehead atoms. The molecule has 0 aliphatic carbocycles. The van der Waals surface area contributed by atoms with E-state index in [9.17, 15) is 0 Å². The Morgan fingerprint density at radius 3 is 2.65 bits per heavy atom. The topological polar surface area (TPSA) is 41.1 Å². The van der Waals surface area contributed by atoms with Crippen LogP contribution in [-0.2, 0) is 6.54 Å². The number of likely N-dealkylation sites (N-methyl/N-ethyl adjacent to an activating group) is 1. The van der Waals surface area contributed by atoms with E-state index in [1.54, 1.807) is 7.11 Å². The molecular weight excluding hydrogens is 250 g/mol. The van der Waals surface area contributed by atoms with Crippen LogP contribution in [-0.4, -0.2) is 35.8 Å². The van der Waals surface area contributed by atoms with Crippen LogP contribution in [0.5, 0.6) is 5.75 Å². The number of rotatable bonds is 6. The zero-order chi connectivity index (χ0) is 14.4. The SMILES string of the molecule is COc1ccc(/C=C/CN(C)Cc2cn[nH]c2C)cc1. The van der Waals surface area contributed by atoms with Gasteiger partial charge in [0.15, 0.2) is 0 Å². The molecule has 0 saturated heterocycles. The number of H-pyrrole nitrogens is 1. The molecule has 1 N–H and O–H groups in total. The molecular formula is C16H21N3O. The zero-order valence-electron chi connectivity index (χ0n) is 12.3. The Bertz CT molecular complexity index is 557. The van der Waals surface area contributed by atoms with Gasteiger partial charge < -0.3 is 4.74 Å². The van der Waals surface area contributed by atoms with E-state index in [2.05, 4.69) is 46.4 Å².